The van der Waals surface area contributed by atoms with Gasteiger partial charge in [0.05, 0.1) is 10.5 Å². The van der Waals surface area contributed by atoms with Crippen LogP contribution in [0.3, 0.4) is 0 Å². The molecule has 23 heavy (non-hydrogen) atoms. The van der Waals surface area contributed by atoms with Crippen molar-refractivity contribution < 1.29 is 8.42 Å². The molecule has 0 spiro atoms. The average molecular weight is 454 g/mol. The Hall–Kier alpha value is -0.900. The predicted molar refractivity (Wildman–Crippen MR) is 106 cm³/mol. The molecular weight excluding hydrogens is 427 g/mol. The van der Waals surface area contributed by atoms with Gasteiger partial charge in [-0.25, -0.2) is 8.42 Å². The molecule has 0 amide bonds. The molecule has 0 bridgehead atoms. The number of aliphatic imine (C=N–C) groups is 1. The van der Waals surface area contributed by atoms with Crippen molar-refractivity contribution in [1.29, 1.82) is 0 Å². The lowest BCUT2D eigenvalue weighted by molar-refractivity contribution is 0.559. The number of hydrogen-bond donors (Lipinski definition) is 2. The van der Waals surface area contributed by atoms with E-state index in [9.17, 15) is 8.42 Å². The molecule has 2 N–H and O–H groups in total. The minimum absolute atomic E-state index is 0. The normalized spacial score (nSPS) is 12.4. The van der Waals surface area contributed by atoms with Crippen molar-refractivity contribution in [3.8, 4) is 0 Å². The number of halogens is 1. The largest absolute Gasteiger partial charge is 0.356 e. The molecule has 0 saturated heterocycles. The van der Waals surface area contributed by atoms with Crippen LogP contribution in [0.4, 0.5) is 0 Å². The first-order valence-corrected chi connectivity index (χ1v) is 8.98. The van der Waals surface area contributed by atoms with E-state index in [1.165, 1.54) is 0 Å². The third-order valence-electron chi connectivity index (χ3n) is 3.22. The Morgan fingerprint density at radius 2 is 1.87 bits per heavy atom. The maximum Gasteiger partial charge on any atom is 0.191 e. The molecule has 1 aromatic rings. The van der Waals surface area contributed by atoms with Gasteiger partial charge >= 0.3 is 0 Å². The summed E-state index contributed by atoms with van der Waals surface area (Å²) in [4.78, 5) is 8.32. The van der Waals surface area contributed by atoms with Gasteiger partial charge in [-0.1, -0.05) is 6.07 Å². The van der Waals surface area contributed by atoms with Gasteiger partial charge in [0.2, 0.25) is 0 Å². The minimum atomic E-state index is -3.12. The SMILES string of the molecule is CN=C(NCCc1ccccn1)NCCS(=O)(=O)C(C)(C)C.I. The van der Waals surface area contributed by atoms with Crippen LogP contribution >= 0.6 is 24.0 Å². The Morgan fingerprint density at radius 3 is 2.39 bits per heavy atom. The zero-order valence-electron chi connectivity index (χ0n) is 14.2. The summed E-state index contributed by atoms with van der Waals surface area (Å²) >= 11 is 0. The highest BCUT2D eigenvalue weighted by Crippen LogP contribution is 2.15. The molecule has 1 aromatic heterocycles. The van der Waals surface area contributed by atoms with Crippen molar-refractivity contribution in [1.82, 2.24) is 15.6 Å². The fourth-order valence-corrected chi connectivity index (χ4v) is 2.67. The van der Waals surface area contributed by atoms with E-state index in [0.29, 0.717) is 19.0 Å². The van der Waals surface area contributed by atoms with E-state index < -0.39 is 14.6 Å². The number of nitrogens with zero attached hydrogens (tertiary/aromatic N) is 2. The van der Waals surface area contributed by atoms with Gasteiger partial charge in [-0.2, -0.15) is 0 Å². The Labute approximate surface area is 156 Å². The molecule has 0 aromatic carbocycles. The van der Waals surface area contributed by atoms with Gasteiger partial charge in [0, 0.05) is 38.4 Å². The van der Waals surface area contributed by atoms with Crippen molar-refractivity contribution in [3.63, 3.8) is 0 Å². The Kier molecular flexibility index (Phi) is 9.67. The van der Waals surface area contributed by atoms with Crippen molar-refractivity contribution in [3.05, 3.63) is 30.1 Å². The van der Waals surface area contributed by atoms with Crippen molar-refractivity contribution in [2.75, 3.05) is 25.9 Å². The number of nitrogens with one attached hydrogen (secondary N) is 2. The smallest absolute Gasteiger partial charge is 0.191 e. The van der Waals surface area contributed by atoms with Crippen molar-refractivity contribution in [2.24, 2.45) is 4.99 Å². The molecule has 0 fully saturated rings. The molecule has 0 radical (unpaired) electrons. The molecule has 0 atom stereocenters. The maximum atomic E-state index is 12.0. The fourth-order valence-electron chi connectivity index (χ4n) is 1.69. The highest BCUT2D eigenvalue weighted by Gasteiger charge is 2.28. The summed E-state index contributed by atoms with van der Waals surface area (Å²) in [6.07, 6.45) is 2.54. The van der Waals surface area contributed by atoms with Gasteiger partial charge < -0.3 is 10.6 Å². The van der Waals surface area contributed by atoms with Crippen LogP contribution in [0.2, 0.25) is 0 Å². The Bertz CT molecular complexity index is 583. The topological polar surface area (TPSA) is 83.4 Å². The average Bonchev–Trinajstić information content (AvgIpc) is 2.45. The first-order chi connectivity index (χ1) is 10.3. The standard InChI is InChI=1S/C15H26N4O2S.HI/c1-15(2,3)22(20,21)12-11-19-14(16-4)18-10-8-13-7-5-6-9-17-13;/h5-7,9H,8,10-12H2,1-4H3,(H2,16,18,19);1H. The lowest BCUT2D eigenvalue weighted by Crippen LogP contribution is -2.42. The van der Waals surface area contributed by atoms with Crippen LogP contribution in [0.15, 0.2) is 29.4 Å². The molecular formula is C15H27IN4O2S. The van der Waals surface area contributed by atoms with Gasteiger partial charge in [-0.05, 0) is 32.9 Å². The maximum absolute atomic E-state index is 12.0. The third kappa shape index (κ3) is 7.96. The van der Waals surface area contributed by atoms with Gasteiger partial charge in [-0.15, -0.1) is 24.0 Å². The molecule has 0 saturated carbocycles. The number of guanidine groups is 1. The number of rotatable bonds is 6. The quantitative estimate of drug-likeness (QED) is 0.388. The molecule has 0 unspecified atom stereocenters. The molecule has 1 rings (SSSR count). The number of sulfone groups is 1. The summed E-state index contributed by atoms with van der Waals surface area (Å²) < 4.78 is 23.3. The van der Waals surface area contributed by atoms with E-state index in [0.717, 1.165) is 12.1 Å². The van der Waals surface area contributed by atoms with Crippen molar-refractivity contribution in [2.45, 2.75) is 31.9 Å². The third-order valence-corrected chi connectivity index (χ3v) is 5.83. The summed E-state index contributed by atoms with van der Waals surface area (Å²) in [5.74, 6) is 0.678. The van der Waals surface area contributed by atoms with E-state index in [1.807, 2.05) is 18.2 Å². The summed E-state index contributed by atoms with van der Waals surface area (Å²) in [6, 6.07) is 5.80. The van der Waals surface area contributed by atoms with Crippen LogP contribution in [0.5, 0.6) is 0 Å². The van der Waals surface area contributed by atoms with E-state index >= 15 is 0 Å². The van der Waals surface area contributed by atoms with Gasteiger partial charge in [0.15, 0.2) is 15.8 Å². The summed E-state index contributed by atoms with van der Waals surface area (Å²) in [5, 5.41) is 6.17. The van der Waals surface area contributed by atoms with Crippen LogP contribution < -0.4 is 10.6 Å². The Balaban J connectivity index is 0.00000484. The fraction of sp³-hybridized carbons (Fsp3) is 0.600. The number of hydrogen-bond acceptors (Lipinski definition) is 4. The van der Waals surface area contributed by atoms with E-state index in [4.69, 9.17) is 0 Å². The first kappa shape index (κ1) is 22.1. The summed E-state index contributed by atoms with van der Waals surface area (Å²) in [5.41, 5.74) is 1.00. The second-order valence-electron chi connectivity index (χ2n) is 5.93. The molecule has 132 valence electrons. The zero-order valence-corrected chi connectivity index (χ0v) is 17.3. The number of aromatic nitrogens is 1. The predicted octanol–water partition coefficient (Wildman–Crippen LogP) is 1.62. The van der Waals surface area contributed by atoms with Crippen LogP contribution in [0, 0.1) is 0 Å². The summed E-state index contributed by atoms with van der Waals surface area (Å²) in [6.45, 7) is 6.15. The minimum Gasteiger partial charge on any atom is -0.356 e. The Morgan fingerprint density at radius 1 is 1.22 bits per heavy atom. The van der Waals surface area contributed by atoms with Gasteiger partial charge in [-0.3, -0.25) is 9.98 Å². The van der Waals surface area contributed by atoms with E-state index in [-0.39, 0.29) is 29.7 Å². The molecule has 1 heterocycles. The lowest BCUT2D eigenvalue weighted by atomic mass is 10.3. The lowest BCUT2D eigenvalue weighted by Gasteiger charge is -2.19. The monoisotopic (exact) mass is 454 g/mol. The molecule has 0 aliphatic carbocycles. The second kappa shape index (κ2) is 10.1. The summed E-state index contributed by atoms with van der Waals surface area (Å²) in [7, 11) is -1.46. The van der Waals surface area contributed by atoms with E-state index in [2.05, 4.69) is 20.6 Å². The van der Waals surface area contributed by atoms with Crippen LogP contribution in [-0.4, -0.2) is 50.0 Å². The van der Waals surface area contributed by atoms with E-state index in [1.54, 1.807) is 34.0 Å². The molecule has 0 aliphatic heterocycles. The zero-order chi connectivity index (χ0) is 16.6. The van der Waals surface area contributed by atoms with Crippen molar-refractivity contribution >= 4 is 39.8 Å². The van der Waals surface area contributed by atoms with Crippen LogP contribution in [0.25, 0.3) is 0 Å². The molecule has 8 heteroatoms. The van der Waals surface area contributed by atoms with Gasteiger partial charge in [0.1, 0.15) is 0 Å². The molecule has 6 nitrogen and oxygen atoms in total. The molecule has 0 aliphatic rings. The second-order valence-corrected chi connectivity index (χ2v) is 8.79. The van der Waals surface area contributed by atoms with Gasteiger partial charge in [0.25, 0.3) is 0 Å². The van der Waals surface area contributed by atoms with Crippen LogP contribution in [-0.2, 0) is 16.3 Å². The highest BCUT2D eigenvalue weighted by molar-refractivity contribution is 14.0. The number of pyridine rings is 1. The highest BCUT2D eigenvalue weighted by atomic mass is 127. The first-order valence-electron chi connectivity index (χ1n) is 7.33. The van der Waals surface area contributed by atoms with Crippen LogP contribution in [0.1, 0.15) is 26.5 Å².